The molecule has 0 aliphatic rings. The van der Waals surface area contributed by atoms with Gasteiger partial charge in [0, 0.05) is 26.0 Å². The van der Waals surface area contributed by atoms with Gasteiger partial charge in [-0.1, -0.05) is 0 Å². The molecular weight excluding hydrogens is 222 g/mol. The van der Waals surface area contributed by atoms with Crippen LogP contribution in [0.15, 0.2) is 30.7 Å². The zero-order chi connectivity index (χ0) is 12.3. The lowest BCUT2D eigenvalue weighted by Gasteiger charge is -2.02. The van der Waals surface area contributed by atoms with E-state index in [2.05, 4.69) is 15.4 Å². The molecule has 0 bridgehead atoms. The van der Waals surface area contributed by atoms with Crippen LogP contribution < -0.4 is 5.32 Å². The monoisotopic (exact) mass is 233 g/mol. The third-order valence-electron chi connectivity index (χ3n) is 2.22. The zero-order valence-corrected chi connectivity index (χ0v) is 9.20. The Morgan fingerprint density at radius 2 is 2.18 bits per heavy atom. The van der Waals surface area contributed by atoms with E-state index in [0.717, 1.165) is 5.56 Å². The molecule has 0 amide bonds. The number of anilines is 1. The molecule has 1 N–H and O–H groups in total. The van der Waals surface area contributed by atoms with Crippen LogP contribution in [0.2, 0.25) is 0 Å². The Bertz CT molecular complexity index is 523. The van der Waals surface area contributed by atoms with Crippen molar-refractivity contribution in [3.8, 4) is 0 Å². The fourth-order valence-corrected chi connectivity index (χ4v) is 1.42. The van der Waals surface area contributed by atoms with Gasteiger partial charge in [0.15, 0.2) is 0 Å². The van der Waals surface area contributed by atoms with Gasteiger partial charge in [0.25, 0.3) is 0 Å². The van der Waals surface area contributed by atoms with E-state index in [9.17, 15) is 10.1 Å². The van der Waals surface area contributed by atoms with Gasteiger partial charge in [0.1, 0.15) is 6.20 Å². The summed E-state index contributed by atoms with van der Waals surface area (Å²) in [5.41, 5.74) is 0.960. The molecule has 0 unspecified atom stereocenters. The van der Waals surface area contributed by atoms with E-state index in [4.69, 9.17) is 0 Å². The number of pyridine rings is 1. The van der Waals surface area contributed by atoms with Crippen molar-refractivity contribution >= 4 is 11.5 Å². The summed E-state index contributed by atoms with van der Waals surface area (Å²) in [7, 11) is 1.64. The predicted molar refractivity (Wildman–Crippen MR) is 61.4 cm³/mol. The van der Waals surface area contributed by atoms with Gasteiger partial charge in [-0.15, -0.1) is 5.10 Å². The minimum atomic E-state index is -0.456. The maximum absolute atomic E-state index is 10.7. The summed E-state index contributed by atoms with van der Waals surface area (Å²) in [6, 6.07) is 3.67. The van der Waals surface area contributed by atoms with Crippen molar-refractivity contribution in [3.05, 3.63) is 46.4 Å². The van der Waals surface area contributed by atoms with Gasteiger partial charge >= 0.3 is 5.69 Å². The van der Waals surface area contributed by atoms with Crippen LogP contribution in [0.25, 0.3) is 0 Å². The molecule has 0 aliphatic heterocycles. The van der Waals surface area contributed by atoms with Crippen molar-refractivity contribution in [1.82, 2.24) is 14.8 Å². The molecule has 0 fully saturated rings. The highest BCUT2D eigenvalue weighted by molar-refractivity contribution is 5.54. The van der Waals surface area contributed by atoms with Gasteiger partial charge in [0.2, 0.25) is 5.82 Å². The van der Waals surface area contributed by atoms with Crippen LogP contribution in [0.4, 0.5) is 11.5 Å². The van der Waals surface area contributed by atoms with Crippen molar-refractivity contribution in [2.45, 2.75) is 6.54 Å². The molecule has 88 valence electrons. The molecule has 0 spiro atoms. The van der Waals surface area contributed by atoms with Crippen LogP contribution in [0.5, 0.6) is 0 Å². The van der Waals surface area contributed by atoms with Crippen LogP contribution in [-0.4, -0.2) is 19.7 Å². The lowest BCUT2D eigenvalue weighted by atomic mass is 10.3. The highest BCUT2D eigenvalue weighted by Crippen LogP contribution is 2.21. The minimum absolute atomic E-state index is 0.0263. The van der Waals surface area contributed by atoms with E-state index in [-0.39, 0.29) is 11.5 Å². The quantitative estimate of drug-likeness (QED) is 0.636. The second kappa shape index (κ2) is 4.60. The smallest absolute Gasteiger partial charge is 0.330 e. The van der Waals surface area contributed by atoms with Crippen molar-refractivity contribution in [2.75, 3.05) is 5.32 Å². The van der Waals surface area contributed by atoms with E-state index in [1.54, 1.807) is 19.4 Å². The minimum Gasteiger partial charge on any atom is -0.359 e. The number of hydrogen-bond donors (Lipinski definition) is 1. The first kappa shape index (κ1) is 11.1. The molecule has 0 aliphatic carbocycles. The summed E-state index contributed by atoms with van der Waals surface area (Å²) in [6.07, 6.45) is 4.71. The van der Waals surface area contributed by atoms with E-state index >= 15 is 0 Å². The Balaban J connectivity index is 2.11. The normalized spacial score (nSPS) is 10.2. The third kappa shape index (κ3) is 2.57. The van der Waals surface area contributed by atoms with E-state index in [1.807, 2.05) is 12.1 Å². The number of hydrogen-bond acceptors (Lipinski definition) is 5. The Morgan fingerprint density at radius 1 is 1.47 bits per heavy atom. The summed E-state index contributed by atoms with van der Waals surface area (Å²) in [4.78, 5) is 14.2. The first-order chi connectivity index (χ1) is 8.16. The fraction of sp³-hybridized carbons (Fsp3) is 0.200. The number of aromatic nitrogens is 3. The van der Waals surface area contributed by atoms with Crippen LogP contribution in [0.3, 0.4) is 0 Å². The second-order valence-electron chi connectivity index (χ2n) is 3.50. The highest BCUT2D eigenvalue weighted by Gasteiger charge is 2.17. The summed E-state index contributed by atoms with van der Waals surface area (Å²) in [6.45, 7) is 0.473. The number of nitrogens with one attached hydrogen (secondary N) is 1. The van der Waals surface area contributed by atoms with E-state index < -0.39 is 4.92 Å². The van der Waals surface area contributed by atoms with Crippen LogP contribution in [0, 0.1) is 10.1 Å². The summed E-state index contributed by atoms with van der Waals surface area (Å²) < 4.78 is 1.41. The standard InChI is InChI=1S/C10H11N5O2/c1-14-7-9(15(16)17)10(13-14)12-6-8-2-4-11-5-3-8/h2-5,7H,6H2,1H3,(H,12,13). The molecule has 2 rings (SSSR count). The SMILES string of the molecule is Cn1cc([N+](=O)[O-])c(NCc2ccncc2)n1. The average molecular weight is 233 g/mol. The Hall–Kier alpha value is -2.44. The van der Waals surface area contributed by atoms with Gasteiger partial charge in [-0.05, 0) is 17.7 Å². The maximum atomic E-state index is 10.7. The fourth-order valence-electron chi connectivity index (χ4n) is 1.42. The zero-order valence-electron chi connectivity index (χ0n) is 9.20. The number of nitro groups is 1. The van der Waals surface area contributed by atoms with Crippen molar-refractivity contribution in [3.63, 3.8) is 0 Å². The van der Waals surface area contributed by atoms with Gasteiger partial charge < -0.3 is 5.32 Å². The lowest BCUT2D eigenvalue weighted by Crippen LogP contribution is -2.02. The molecule has 0 aromatic carbocycles. The Labute approximate surface area is 97.2 Å². The predicted octanol–water partition coefficient (Wildman–Crippen LogP) is 1.34. The van der Waals surface area contributed by atoms with Gasteiger partial charge in [-0.2, -0.15) is 0 Å². The molecule has 0 atom stereocenters. The summed E-state index contributed by atoms with van der Waals surface area (Å²) in [5.74, 6) is 0.273. The maximum Gasteiger partial charge on any atom is 0.330 e. The van der Waals surface area contributed by atoms with Gasteiger partial charge in [0.05, 0.1) is 4.92 Å². The molecule has 17 heavy (non-hydrogen) atoms. The second-order valence-corrected chi connectivity index (χ2v) is 3.50. The molecule has 2 aromatic rings. The summed E-state index contributed by atoms with van der Waals surface area (Å²) in [5, 5.41) is 17.7. The van der Waals surface area contributed by atoms with Crippen LogP contribution in [-0.2, 0) is 13.6 Å². The van der Waals surface area contributed by atoms with Gasteiger partial charge in [-0.25, -0.2) is 0 Å². The molecular formula is C10H11N5O2. The first-order valence-electron chi connectivity index (χ1n) is 4.97. The molecule has 7 heteroatoms. The Kier molecular flexibility index (Phi) is 2.99. The van der Waals surface area contributed by atoms with E-state index in [1.165, 1.54) is 10.9 Å². The molecule has 0 saturated carbocycles. The largest absolute Gasteiger partial charge is 0.359 e. The molecule has 2 heterocycles. The number of aryl methyl sites for hydroxylation is 1. The van der Waals surface area contributed by atoms with Crippen molar-refractivity contribution in [1.29, 1.82) is 0 Å². The molecule has 0 radical (unpaired) electrons. The molecule has 7 nitrogen and oxygen atoms in total. The Morgan fingerprint density at radius 3 is 2.82 bits per heavy atom. The lowest BCUT2D eigenvalue weighted by molar-refractivity contribution is -0.384. The highest BCUT2D eigenvalue weighted by atomic mass is 16.6. The van der Waals surface area contributed by atoms with E-state index in [0.29, 0.717) is 6.54 Å². The number of nitrogens with zero attached hydrogens (tertiary/aromatic N) is 4. The molecule has 0 saturated heterocycles. The third-order valence-corrected chi connectivity index (χ3v) is 2.22. The van der Waals surface area contributed by atoms with Crippen LogP contribution in [0.1, 0.15) is 5.56 Å². The number of rotatable bonds is 4. The topological polar surface area (TPSA) is 85.9 Å². The van der Waals surface area contributed by atoms with Gasteiger partial charge in [-0.3, -0.25) is 19.8 Å². The van der Waals surface area contributed by atoms with Crippen molar-refractivity contribution < 1.29 is 4.92 Å². The molecule has 2 aromatic heterocycles. The van der Waals surface area contributed by atoms with Crippen molar-refractivity contribution in [2.24, 2.45) is 7.05 Å². The first-order valence-corrected chi connectivity index (χ1v) is 4.97. The van der Waals surface area contributed by atoms with Crippen LogP contribution >= 0.6 is 0 Å². The summed E-state index contributed by atoms with van der Waals surface area (Å²) >= 11 is 0. The average Bonchev–Trinajstić information content (AvgIpc) is 2.69.